The van der Waals surface area contributed by atoms with Crippen LogP contribution in [0.15, 0.2) is 40.7 Å². The second kappa shape index (κ2) is 9.12. The second-order valence-electron chi connectivity index (χ2n) is 8.80. The zero-order valence-electron chi connectivity index (χ0n) is 18.7. The summed E-state index contributed by atoms with van der Waals surface area (Å²) >= 11 is 1.23. The van der Waals surface area contributed by atoms with Crippen LogP contribution >= 0.6 is 11.3 Å². The molecule has 0 atom stereocenters. The van der Waals surface area contributed by atoms with E-state index in [1.807, 2.05) is 17.0 Å². The number of benzene rings is 1. The number of methoxy groups -OCH3 is 1. The molecule has 2 aromatic heterocycles. The van der Waals surface area contributed by atoms with E-state index < -0.39 is 10.0 Å². The van der Waals surface area contributed by atoms with Crippen LogP contribution in [0.25, 0.3) is 10.9 Å². The fourth-order valence-electron chi connectivity index (χ4n) is 5.02. The van der Waals surface area contributed by atoms with Gasteiger partial charge in [0.25, 0.3) is 5.91 Å². The van der Waals surface area contributed by atoms with E-state index in [1.165, 1.54) is 21.2 Å². The number of piperidine rings is 2. The van der Waals surface area contributed by atoms with Crippen molar-refractivity contribution >= 4 is 38.2 Å². The summed E-state index contributed by atoms with van der Waals surface area (Å²) < 4.78 is 33.3. The second-order valence-corrected chi connectivity index (χ2v) is 11.6. The predicted octanol–water partition coefficient (Wildman–Crippen LogP) is 4.43. The number of aromatic nitrogens is 1. The summed E-state index contributed by atoms with van der Waals surface area (Å²) in [6.45, 7) is 2.29. The van der Waals surface area contributed by atoms with Crippen molar-refractivity contribution in [2.75, 3.05) is 33.3 Å². The monoisotopic (exact) mass is 487 g/mol. The molecular weight excluding hydrogens is 458 g/mol. The number of nitrogens with one attached hydrogen (secondary N) is 1. The molecule has 5 rings (SSSR count). The Hall–Kier alpha value is -2.36. The Bertz CT molecular complexity index is 1250. The molecule has 2 aliphatic heterocycles. The number of rotatable bonds is 5. The number of ether oxygens (including phenoxy) is 1. The fraction of sp³-hybridized carbons (Fsp3) is 0.458. The minimum absolute atomic E-state index is 0.167. The molecule has 176 valence electrons. The Balaban J connectivity index is 1.31. The van der Waals surface area contributed by atoms with Crippen molar-refractivity contribution in [1.82, 2.24) is 14.2 Å². The molecule has 1 N–H and O–H groups in total. The van der Waals surface area contributed by atoms with E-state index in [4.69, 9.17) is 4.74 Å². The Morgan fingerprint density at radius 1 is 1.09 bits per heavy atom. The van der Waals surface area contributed by atoms with Crippen LogP contribution in [0.4, 0.5) is 0 Å². The molecule has 3 aromatic rings. The molecule has 2 aliphatic rings. The molecule has 2 fully saturated rings. The highest BCUT2D eigenvalue weighted by atomic mass is 32.2. The first-order valence-electron chi connectivity index (χ1n) is 11.5. The van der Waals surface area contributed by atoms with Gasteiger partial charge >= 0.3 is 0 Å². The first kappa shape index (κ1) is 22.4. The Morgan fingerprint density at radius 2 is 1.85 bits per heavy atom. The molecule has 9 heteroatoms. The molecule has 2 saturated heterocycles. The van der Waals surface area contributed by atoms with Crippen molar-refractivity contribution in [3.05, 3.63) is 46.3 Å². The number of thiophene rings is 1. The topological polar surface area (TPSA) is 82.7 Å². The SMILES string of the molecule is COc1ccc2[nH]cc(C3CCN(C(=O)c4sccc4S(=O)(=O)N4CCCCC4)CC3)c2c1. The lowest BCUT2D eigenvalue weighted by molar-refractivity contribution is 0.0714. The number of carbonyl (C=O) groups excluding carboxylic acids is 1. The maximum atomic E-state index is 13.3. The molecule has 1 aromatic carbocycles. The van der Waals surface area contributed by atoms with E-state index in [0.29, 0.717) is 37.0 Å². The van der Waals surface area contributed by atoms with Gasteiger partial charge in [-0.15, -0.1) is 11.3 Å². The zero-order chi connectivity index (χ0) is 23.0. The van der Waals surface area contributed by atoms with Crippen LogP contribution < -0.4 is 4.74 Å². The van der Waals surface area contributed by atoms with Gasteiger partial charge in [-0.3, -0.25) is 4.79 Å². The minimum Gasteiger partial charge on any atom is -0.497 e. The van der Waals surface area contributed by atoms with Gasteiger partial charge in [0, 0.05) is 43.3 Å². The van der Waals surface area contributed by atoms with E-state index in [2.05, 4.69) is 17.2 Å². The Kier molecular flexibility index (Phi) is 6.20. The summed E-state index contributed by atoms with van der Waals surface area (Å²) in [4.78, 5) is 19.0. The van der Waals surface area contributed by atoms with Crippen molar-refractivity contribution in [3.8, 4) is 5.75 Å². The van der Waals surface area contributed by atoms with Crippen LogP contribution in [0.3, 0.4) is 0 Å². The number of carbonyl (C=O) groups is 1. The van der Waals surface area contributed by atoms with Crippen molar-refractivity contribution in [3.63, 3.8) is 0 Å². The highest BCUT2D eigenvalue weighted by molar-refractivity contribution is 7.89. The maximum absolute atomic E-state index is 13.3. The zero-order valence-corrected chi connectivity index (χ0v) is 20.4. The number of likely N-dealkylation sites (tertiary alicyclic amines) is 1. The maximum Gasteiger partial charge on any atom is 0.265 e. The summed E-state index contributed by atoms with van der Waals surface area (Å²) in [6, 6.07) is 7.62. The van der Waals surface area contributed by atoms with Gasteiger partial charge < -0.3 is 14.6 Å². The van der Waals surface area contributed by atoms with E-state index in [1.54, 1.807) is 18.6 Å². The van der Waals surface area contributed by atoms with E-state index in [0.717, 1.165) is 48.8 Å². The van der Waals surface area contributed by atoms with Crippen LogP contribution in [0, 0.1) is 0 Å². The molecule has 0 bridgehead atoms. The van der Waals surface area contributed by atoms with Gasteiger partial charge in [0.15, 0.2) is 0 Å². The highest BCUT2D eigenvalue weighted by Crippen LogP contribution is 2.36. The number of H-pyrrole nitrogens is 1. The van der Waals surface area contributed by atoms with Gasteiger partial charge in [-0.05, 0) is 66.8 Å². The van der Waals surface area contributed by atoms with Crippen LogP contribution in [0.5, 0.6) is 5.75 Å². The average molecular weight is 488 g/mol. The number of amides is 1. The van der Waals surface area contributed by atoms with E-state index in [9.17, 15) is 13.2 Å². The quantitative estimate of drug-likeness (QED) is 0.577. The van der Waals surface area contributed by atoms with Crippen molar-refractivity contribution in [2.45, 2.75) is 42.9 Å². The summed E-state index contributed by atoms with van der Waals surface area (Å²) in [6.07, 6.45) is 6.55. The van der Waals surface area contributed by atoms with Crippen LogP contribution in [0.2, 0.25) is 0 Å². The van der Waals surface area contributed by atoms with Crippen LogP contribution in [-0.2, 0) is 10.0 Å². The van der Waals surface area contributed by atoms with Crippen molar-refractivity contribution in [1.29, 1.82) is 0 Å². The molecule has 0 radical (unpaired) electrons. The van der Waals surface area contributed by atoms with Crippen molar-refractivity contribution < 1.29 is 17.9 Å². The predicted molar refractivity (Wildman–Crippen MR) is 130 cm³/mol. The summed E-state index contributed by atoms with van der Waals surface area (Å²) in [5, 5.41) is 2.88. The van der Waals surface area contributed by atoms with Gasteiger partial charge in [-0.2, -0.15) is 4.31 Å². The first-order chi connectivity index (χ1) is 16.0. The normalized spacial score (nSPS) is 18.6. The third kappa shape index (κ3) is 4.18. The summed E-state index contributed by atoms with van der Waals surface area (Å²) in [5.74, 6) is 1.01. The lowest BCUT2D eigenvalue weighted by Gasteiger charge is -2.32. The number of hydrogen-bond acceptors (Lipinski definition) is 5. The van der Waals surface area contributed by atoms with Gasteiger partial charge in [-0.25, -0.2) is 8.42 Å². The molecule has 0 saturated carbocycles. The Morgan fingerprint density at radius 3 is 2.58 bits per heavy atom. The number of fused-ring (bicyclic) bond motifs is 1. The summed E-state index contributed by atoms with van der Waals surface area (Å²) in [5.41, 5.74) is 2.33. The third-order valence-corrected chi connectivity index (χ3v) is 9.87. The molecule has 33 heavy (non-hydrogen) atoms. The molecule has 7 nitrogen and oxygen atoms in total. The minimum atomic E-state index is -3.63. The molecule has 0 unspecified atom stereocenters. The first-order valence-corrected chi connectivity index (χ1v) is 13.8. The lowest BCUT2D eigenvalue weighted by Crippen LogP contribution is -2.39. The van der Waals surface area contributed by atoms with Gasteiger partial charge in [0.1, 0.15) is 15.5 Å². The number of nitrogens with zero attached hydrogens (tertiary/aromatic N) is 2. The number of sulfonamides is 1. The largest absolute Gasteiger partial charge is 0.497 e. The van der Waals surface area contributed by atoms with Gasteiger partial charge in [0.2, 0.25) is 10.0 Å². The number of hydrogen-bond donors (Lipinski definition) is 1. The molecule has 0 spiro atoms. The van der Waals surface area contributed by atoms with Crippen molar-refractivity contribution in [2.24, 2.45) is 0 Å². The smallest absolute Gasteiger partial charge is 0.265 e. The molecule has 1 amide bonds. The van der Waals surface area contributed by atoms with Crippen LogP contribution in [0.1, 0.15) is 53.3 Å². The average Bonchev–Trinajstić information content (AvgIpc) is 3.52. The molecule has 4 heterocycles. The third-order valence-electron chi connectivity index (χ3n) is 6.90. The van der Waals surface area contributed by atoms with Gasteiger partial charge in [0.05, 0.1) is 7.11 Å². The number of aromatic amines is 1. The van der Waals surface area contributed by atoms with Gasteiger partial charge in [-0.1, -0.05) is 6.42 Å². The molecule has 0 aliphatic carbocycles. The van der Waals surface area contributed by atoms with Crippen LogP contribution in [-0.4, -0.2) is 61.8 Å². The molecular formula is C24H29N3O4S2. The van der Waals surface area contributed by atoms with E-state index >= 15 is 0 Å². The summed E-state index contributed by atoms with van der Waals surface area (Å²) in [7, 11) is -1.96. The highest BCUT2D eigenvalue weighted by Gasteiger charge is 2.34. The Labute approximate surface area is 198 Å². The fourth-order valence-corrected chi connectivity index (χ4v) is 7.90. The lowest BCUT2D eigenvalue weighted by atomic mass is 9.89. The van der Waals surface area contributed by atoms with E-state index in [-0.39, 0.29) is 10.8 Å². The standard InChI is InChI=1S/C24H29N3O4S2/c1-31-18-5-6-21-19(15-18)20(16-25-21)17-7-12-26(13-8-17)24(28)23-22(9-14-32-23)33(29,30)27-10-3-2-4-11-27/h5-6,9,14-17,25H,2-4,7-8,10-13H2,1H3.